The highest BCUT2D eigenvalue weighted by molar-refractivity contribution is 5.73. The molecular weight excluding hydrogens is 320 g/mol. The van der Waals surface area contributed by atoms with Crippen molar-refractivity contribution in [2.75, 3.05) is 0 Å². The Hall–Kier alpha value is -3.53. The number of hydrogen-bond acceptors (Lipinski definition) is 3. The molecule has 4 nitrogen and oxygen atoms in total. The first-order valence-corrected chi connectivity index (χ1v) is 8.48. The lowest BCUT2D eigenvalue weighted by molar-refractivity contribution is 0.888. The van der Waals surface area contributed by atoms with Gasteiger partial charge in [0.1, 0.15) is 11.4 Å². The number of benzene rings is 3. The van der Waals surface area contributed by atoms with E-state index < -0.39 is 0 Å². The van der Waals surface area contributed by atoms with Gasteiger partial charge in [0, 0.05) is 5.56 Å². The molecule has 4 heteroatoms. The molecule has 0 unspecified atom stereocenters. The van der Waals surface area contributed by atoms with Gasteiger partial charge in [0.15, 0.2) is 0 Å². The predicted octanol–water partition coefficient (Wildman–Crippen LogP) is 6.26. The summed E-state index contributed by atoms with van der Waals surface area (Å²) in [6.45, 7) is 2.05. The summed E-state index contributed by atoms with van der Waals surface area (Å²) in [7, 11) is 0. The molecule has 26 heavy (non-hydrogen) atoms. The Morgan fingerprint density at radius 2 is 1.38 bits per heavy atom. The van der Waals surface area contributed by atoms with Crippen LogP contribution in [-0.4, -0.2) is 9.78 Å². The third-order valence-corrected chi connectivity index (χ3v) is 4.11. The molecule has 0 saturated heterocycles. The van der Waals surface area contributed by atoms with Crippen LogP contribution in [0.3, 0.4) is 0 Å². The number of nitrogens with zero attached hydrogens (tertiary/aromatic N) is 4. The molecule has 0 atom stereocenters. The molecule has 1 aromatic heterocycles. The highest BCUT2D eigenvalue weighted by Crippen LogP contribution is 2.33. The molecular formula is C22H18N4. The van der Waals surface area contributed by atoms with E-state index in [9.17, 15) is 0 Å². The second kappa shape index (κ2) is 7.15. The van der Waals surface area contributed by atoms with Crippen LogP contribution in [0, 0.1) is 6.92 Å². The van der Waals surface area contributed by atoms with Crippen LogP contribution in [0.2, 0.25) is 0 Å². The third-order valence-electron chi connectivity index (χ3n) is 4.11. The molecule has 0 aliphatic heterocycles. The Bertz CT molecular complexity index is 1020. The first kappa shape index (κ1) is 16.0. The number of rotatable bonds is 4. The topological polar surface area (TPSA) is 42.5 Å². The average molecular weight is 338 g/mol. The summed E-state index contributed by atoms with van der Waals surface area (Å²) < 4.78 is 1.90. The van der Waals surface area contributed by atoms with Crippen LogP contribution >= 0.6 is 0 Å². The Kier molecular flexibility index (Phi) is 4.39. The quantitative estimate of drug-likeness (QED) is 0.405. The molecule has 0 N–H and O–H groups in total. The van der Waals surface area contributed by atoms with Gasteiger partial charge in [-0.2, -0.15) is 10.2 Å². The molecule has 0 bridgehead atoms. The van der Waals surface area contributed by atoms with Crippen LogP contribution in [0.25, 0.3) is 16.9 Å². The van der Waals surface area contributed by atoms with E-state index >= 15 is 0 Å². The van der Waals surface area contributed by atoms with E-state index in [1.54, 1.807) is 6.20 Å². The standard InChI is InChI=1S/C22H18N4/c1-17-12-14-19(15-13-17)24-25-21-16-23-26(20-10-6-3-7-11-20)22(21)18-8-4-2-5-9-18/h2-16H,1H3. The van der Waals surface area contributed by atoms with Gasteiger partial charge in [-0.3, -0.25) is 0 Å². The predicted molar refractivity (Wildman–Crippen MR) is 104 cm³/mol. The van der Waals surface area contributed by atoms with Crippen LogP contribution in [0.1, 0.15) is 5.56 Å². The SMILES string of the molecule is Cc1ccc(N=Nc2cnn(-c3ccccc3)c2-c2ccccc2)cc1. The second-order valence-corrected chi connectivity index (χ2v) is 6.03. The number of hydrogen-bond donors (Lipinski definition) is 0. The highest BCUT2D eigenvalue weighted by Gasteiger charge is 2.14. The molecule has 4 rings (SSSR count). The first-order valence-electron chi connectivity index (χ1n) is 8.48. The zero-order valence-electron chi connectivity index (χ0n) is 14.4. The maximum absolute atomic E-state index is 4.55. The average Bonchev–Trinajstić information content (AvgIpc) is 3.13. The van der Waals surface area contributed by atoms with Gasteiger partial charge in [-0.05, 0) is 31.2 Å². The fourth-order valence-electron chi connectivity index (χ4n) is 2.77. The number of aryl methyl sites for hydroxylation is 1. The first-order chi connectivity index (χ1) is 12.8. The fourth-order valence-corrected chi connectivity index (χ4v) is 2.77. The minimum atomic E-state index is 0.737. The summed E-state index contributed by atoms with van der Waals surface area (Å²) >= 11 is 0. The molecule has 0 spiro atoms. The minimum Gasteiger partial charge on any atom is -0.231 e. The van der Waals surface area contributed by atoms with Gasteiger partial charge >= 0.3 is 0 Å². The molecule has 4 aromatic rings. The highest BCUT2D eigenvalue weighted by atomic mass is 15.3. The number of aromatic nitrogens is 2. The summed E-state index contributed by atoms with van der Waals surface area (Å²) in [4.78, 5) is 0. The van der Waals surface area contributed by atoms with Crippen LogP contribution in [0.4, 0.5) is 11.4 Å². The molecule has 0 fully saturated rings. The monoisotopic (exact) mass is 338 g/mol. The van der Waals surface area contributed by atoms with Crippen LogP contribution in [0.15, 0.2) is 101 Å². The van der Waals surface area contributed by atoms with Crippen molar-refractivity contribution in [2.24, 2.45) is 10.2 Å². The lowest BCUT2D eigenvalue weighted by atomic mass is 10.1. The van der Waals surface area contributed by atoms with Gasteiger partial charge in [0.2, 0.25) is 0 Å². The van der Waals surface area contributed by atoms with Crippen molar-refractivity contribution >= 4 is 11.4 Å². The Balaban J connectivity index is 1.80. The van der Waals surface area contributed by atoms with E-state index in [4.69, 9.17) is 0 Å². The fraction of sp³-hybridized carbons (Fsp3) is 0.0455. The number of azo groups is 1. The Labute approximate surface area is 152 Å². The zero-order valence-corrected chi connectivity index (χ0v) is 14.4. The summed E-state index contributed by atoms with van der Waals surface area (Å²) in [5.41, 5.74) is 5.72. The lowest BCUT2D eigenvalue weighted by Crippen LogP contribution is -1.98. The molecule has 0 aliphatic carbocycles. The van der Waals surface area contributed by atoms with Crippen molar-refractivity contribution in [2.45, 2.75) is 6.92 Å². The van der Waals surface area contributed by atoms with Crippen LogP contribution in [-0.2, 0) is 0 Å². The van der Waals surface area contributed by atoms with E-state index in [1.807, 2.05) is 77.5 Å². The second-order valence-electron chi connectivity index (χ2n) is 6.03. The van der Waals surface area contributed by atoms with Crippen LogP contribution in [0.5, 0.6) is 0 Å². The largest absolute Gasteiger partial charge is 0.231 e. The number of para-hydroxylation sites is 1. The molecule has 1 heterocycles. The van der Waals surface area contributed by atoms with E-state index in [-0.39, 0.29) is 0 Å². The maximum atomic E-state index is 4.55. The van der Waals surface area contributed by atoms with Crippen molar-refractivity contribution in [3.63, 3.8) is 0 Å². The molecule has 0 amide bonds. The van der Waals surface area contributed by atoms with Crippen molar-refractivity contribution in [3.05, 3.63) is 96.7 Å². The molecule has 0 aliphatic rings. The van der Waals surface area contributed by atoms with Gasteiger partial charge in [-0.25, -0.2) is 4.68 Å². The molecule has 3 aromatic carbocycles. The zero-order chi connectivity index (χ0) is 17.8. The van der Waals surface area contributed by atoms with Gasteiger partial charge in [0.25, 0.3) is 0 Å². The van der Waals surface area contributed by atoms with E-state index in [1.165, 1.54) is 5.56 Å². The van der Waals surface area contributed by atoms with Gasteiger partial charge < -0.3 is 0 Å². The summed E-state index contributed by atoms with van der Waals surface area (Å²) in [6.07, 6.45) is 1.76. The van der Waals surface area contributed by atoms with E-state index in [0.717, 1.165) is 28.3 Å². The van der Waals surface area contributed by atoms with Crippen molar-refractivity contribution < 1.29 is 0 Å². The molecule has 0 saturated carbocycles. The maximum Gasteiger partial charge on any atom is 0.132 e. The summed E-state index contributed by atoms with van der Waals surface area (Å²) in [6, 6.07) is 28.2. The smallest absolute Gasteiger partial charge is 0.132 e. The van der Waals surface area contributed by atoms with Crippen molar-refractivity contribution in [1.29, 1.82) is 0 Å². The Morgan fingerprint density at radius 3 is 2.08 bits per heavy atom. The summed E-state index contributed by atoms with van der Waals surface area (Å²) in [5, 5.41) is 13.4. The molecule has 0 radical (unpaired) electrons. The van der Waals surface area contributed by atoms with Crippen LogP contribution < -0.4 is 0 Å². The molecule has 126 valence electrons. The van der Waals surface area contributed by atoms with Gasteiger partial charge in [-0.1, -0.05) is 66.2 Å². The Morgan fingerprint density at radius 1 is 0.731 bits per heavy atom. The van der Waals surface area contributed by atoms with E-state index in [2.05, 4.69) is 34.4 Å². The van der Waals surface area contributed by atoms with Crippen molar-refractivity contribution in [1.82, 2.24) is 9.78 Å². The van der Waals surface area contributed by atoms with Gasteiger partial charge in [0.05, 0.1) is 17.6 Å². The van der Waals surface area contributed by atoms with Crippen molar-refractivity contribution in [3.8, 4) is 16.9 Å². The summed E-state index contributed by atoms with van der Waals surface area (Å²) in [5.74, 6) is 0. The normalized spacial score (nSPS) is 11.1. The minimum absolute atomic E-state index is 0.737. The van der Waals surface area contributed by atoms with Gasteiger partial charge in [-0.15, -0.1) is 5.11 Å². The lowest BCUT2D eigenvalue weighted by Gasteiger charge is -2.08. The van der Waals surface area contributed by atoms with E-state index in [0.29, 0.717) is 0 Å². The third kappa shape index (κ3) is 3.30.